The molecule has 0 radical (unpaired) electrons. The highest BCUT2D eigenvalue weighted by atomic mass is 16.5. The standard InChI is InChI=1S/C12H18N2O4/c1-3-4-7-18-10(15)5-6-14-8-9(2)11(16)13-12(14)17/h8H,3-7H2,1-2H3,(H,13,16,17). The van der Waals surface area contributed by atoms with Crippen molar-refractivity contribution in [3.8, 4) is 0 Å². The van der Waals surface area contributed by atoms with Gasteiger partial charge < -0.3 is 4.74 Å². The number of H-pyrrole nitrogens is 1. The van der Waals surface area contributed by atoms with Gasteiger partial charge >= 0.3 is 11.7 Å². The lowest BCUT2D eigenvalue weighted by Crippen LogP contribution is -2.31. The molecule has 0 spiro atoms. The Balaban J connectivity index is 2.54. The van der Waals surface area contributed by atoms with Gasteiger partial charge in [0, 0.05) is 18.3 Å². The molecule has 0 bridgehead atoms. The molecule has 0 unspecified atom stereocenters. The molecule has 1 aromatic rings. The molecular weight excluding hydrogens is 236 g/mol. The van der Waals surface area contributed by atoms with E-state index in [-0.39, 0.29) is 18.9 Å². The summed E-state index contributed by atoms with van der Waals surface area (Å²) >= 11 is 0. The number of ether oxygens (including phenoxy) is 1. The minimum absolute atomic E-state index is 0.120. The van der Waals surface area contributed by atoms with Crippen LogP contribution in [0.1, 0.15) is 31.7 Å². The minimum atomic E-state index is -0.507. The number of esters is 1. The predicted molar refractivity (Wildman–Crippen MR) is 66.5 cm³/mol. The number of carbonyl (C=O) groups excluding carboxylic acids is 1. The number of aryl methyl sites for hydroxylation is 2. The summed E-state index contributed by atoms with van der Waals surface area (Å²) in [4.78, 5) is 36.1. The molecule has 18 heavy (non-hydrogen) atoms. The number of nitrogens with one attached hydrogen (secondary N) is 1. The summed E-state index contributed by atoms with van der Waals surface area (Å²) in [6.07, 6.45) is 3.37. The van der Waals surface area contributed by atoms with Crippen molar-refractivity contribution in [1.82, 2.24) is 9.55 Å². The molecule has 0 aliphatic rings. The Hall–Kier alpha value is -1.85. The molecule has 1 N–H and O–H groups in total. The zero-order valence-electron chi connectivity index (χ0n) is 10.7. The van der Waals surface area contributed by atoms with Crippen molar-refractivity contribution >= 4 is 5.97 Å². The monoisotopic (exact) mass is 254 g/mol. The molecule has 1 heterocycles. The van der Waals surface area contributed by atoms with E-state index >= 15 is 0 Å². The maximum atomic E-state index is 11.4. The third-order valence-corrected chi connectivity index (χ3v) is 2.51. The summed E-state index contributed by atoms with van der Waals surface area (Å²) in [6.45, 7) is 4.24. The summed E-state index contributed by atoms with van der Waals surface area (Å²) < 4.78 is 6.28. The van der Waals surface area contributed by atoms with Crippen molar-refractivity contribution in [1.29, 1.82) is 0 Å². The normalized spacial score (nSPS) is 10.3. The van der Waals surface area contributed by atoms with Crippen molar-refractivity contribution in [2.45, 2.75) is 39.7 Å². The number of hydrogen-bond donors (Lipinski definition) is 1. The first-order valence-corrected chi connectivity index (χ1v) is 6.00. The summed E-state index contributed by atoms with van der Waals surface area (Å²) in [5.74, 6) is -0.334. The van der Waals surface area contributed by atoms with E-state index in [4.69, 9.17) is 4.74 Å². The summed E-state index contributed by atoms with van der Waals surface area (Å²) in [6, 6.07) is 0. The number of hydrogen-bond acceptors (Lipinski definition) is 4. The van der Waals surface area contributed by atoms with Crippen LogP contribution in [0.15, 0.2) is 15.8 Å². The van der Waals surface area contributed by atoms with Crippen LogP contribution in [0.25, 0.3) is 0 Å². The lowest BCUT2D eigenvalue weighted by Gasteiger charge is -2.06. The van der Waals surface area contributed by atoms with Crippen LogP contribution < -0.4 is 11.2 Å². The molecule has 0 atom stereocenters. The van der Waals surface area contributed by atoms with Crippen LogP contribution in [0.2, 0.25) is 0 Å². The first kappa shape index (κ1) is 14.2. The second kappa shape index (κ2) is 6.78. The van der Waals surface area contributed by atoms with E-state index in [1.165, 1.54) is 10.8 Å². The Morgan fingerprint density at radius 2 is 2.17 bits per heavy atom. The first-order valence-electron chi connectivity index (χ1n) is 6.00. The number of aromatic amines is 1. The van der Waals surface area contributed by atoms with Crippen LogP contribution in [-0.2, 0) is 16.1 Å². The van der Waals surface area contributed by atoms with Gasteiger partial charge in [0.25, 0.3) is 5.56 Å². The highest BCUT2D eigenvalue weighted by molar-refractivity contribution is 5.69. The van der Waals surface area contributed by atoms with Crippen molar-refractivity contribution in [2.75, 3.05) is 6.61 Å². The average molecular weight is 254 g/mol. The van der Waals surface area contributed by atoms with E-state index in [9.17, 15) is 14.4 Å². The lowest BCUT2D eigenvalue weighted by molar-refractivity contribution is -0.144. The molecule has 0 amide bonds. The van der Waals surface area contributed by atoms with Crippen LogP contribution in [0.5, 0.6) is 0 Å². The Labute approximate surface area is 105 Å². The Bertz CT molecular complexity index is 516. The van der Waals surface area contributed by atoms with Crippen LogP contribution in [0.4, 0.5) is 0 Å². The van der Waals surface area contributed by atoms with E-state index in [2.05, 4.69) is 4.98 Å². The van der Waals surface area contributed by atoms with Gasteiger partial charge in [-0.15, -0.1) is 0 Å². The second-order valence-electron chi connectivity index (χ2n) is 4.09. The van der Waals surface area contributed by atoms with Gasteiger partial charge in [-0.1, -0.05) is 13.3 Å². The van der Waals surface area contributed by atoms with E-state index in [0.29, 0.717) is 12.2 Å². The molecule has 0 saturated heterocycles. The van der Waals surface area contributed by atoms with Gasteiger partial charge in [-0.2, -0.15) is 0 Å². The smallest absolute Gasteiger partial charge is 0.328 e. The van der Waals surface area contributed by atoms with E-state index in [1.807, 2.05) is 6.92 Å². The quantitative estimate of drug-likeness (QED) is 0.594. The van der Waals surface area contributed by atoms with Crippen LogP contribution >= 0.6 is 0 Å². The summed E-state index contributed by atoms with van der Waals surface area (Å²) in [5, 5.41) is 0. The highest BCUT2D eigenvalue weighted by Crippen LogP contribution is 1.94. The third-order valence-electron chi connectivity index (χ3n) is 2.51. The fourth-order valence-electron chi connectivity index (χ4n) is 1.40. The van der Waals surface area contributed by atoms with E-state index in [1.54, 1.807) is 6.92 Å². The van der Waals surface area contributed by atoms with Gasteiger partial charge in [0.2, 0.25) is 0 Å². The molecule has 6 heteroatoms. The third kappa shape index (κ3) is 4.20. The van der Waals surface area contributed by atoms with Crippen molar-refractivity contribution in [3.63, 3.8) is 0 Å². The van der Waals surface area contributed by atoms with Gasteiger partial charge in [0.1, 0.15) is 0 Å². The van der Waals surface area contributed by atoms with Crippen LogP contribution in [-0.4, -0.2) is 22.1 Å². The molecule has 0 fully saturated rings. The van der Waals surface area contributed by atoms with Gasteiger partial charge in [0.15, 0.2) is 0 Å². The Kier molecular flexibility index (Phi) is 5.35. The minimum Gasteiger partial charge on any atom is -0.466 e. The number of carbonyl (C=O) groups is 1. The fourth-order valence-corrected chi connectivity index (χ4v) is 1.40. The highest BCUT2D eigenvalue weighted by Gasteiger charge is 2.05. The summed E-state index contributed by atoms with van der Waals surface area (Å²) in [5.41, 5.74) is -0.470. The number of rotatable bonds is 6. The Morgan fingerprint density at radius 1 is 1.44 bits per heavy atom. The maximum Gasteiger partial charge on any atom is 0.328 e. The summed E-state index contributed by atoms with van der Waals surface area (Å²) in [7, 11) is 0. The fraction of sp³-hybridized carbons (Fsp3) is 0.583. The van der Waals surface area contributed by atoms with E-state index in [0.717, 1.165) is 12.8 Å². The molecule has 100 valence electrons. The topological polar surface area (TPSA) is 81.2 Å². The van der Waals surface area contributed by atoms with Crippen LogP contribution in [0.3, 0.4) is 0 Å². The molecule has 0 aromatic carbocycles. The number of unbranched alkanes of at least 4 members (excludes halogenated alkanes) is 1. The first-order chi connectivity index (χ1) is 8.54. The zero-order valence-corrected chi connectivity index (χ0v) is 10.7. The van der Waals surface area contributed by atoms with Gasteiger partial charge in [-0.25, -0.2) is 4.79 Å². The maximum absolute atomic E-state index is 11.4. The predicted octanol–water partition coefficient (Wildman–Crippen LogP) is 0.578. The van der Waals surface area contributed by atoms with Crippen molar-refractivity contribution in [3.05, 3.63) is 32.6 Å². The molecule has 0 aliphatic carbocycles. The second-order valence-corrected chi connectivity index (χ2v) is 4.09. The molecule has 0 saturated carbocycles. The van der Waals surface area contributed by atoms with E-state index < -0.39 is 11.2 Å². The van der Waals surface area contributed by atoms with Crippen molar-refractivity contribution < 1.29 is 9.53 Å². The SMILES string of the molecule is CCCCOC(=O)CCn1cc(C)c(=O)[nH]c1=O. The molecular formula is C12H18N2O4. The molecule has 6 nitrogen and oxygen atoms in total. The van der Waals surface area contributed by atoms with Crippen molar-refractivity contribution in [2.24, 2.45) is 0 Å². The lowest BCUT2D eigenvalue weighted by atomic mass is 10.3. The molecule has 1 rings (SSSR count). The largest absolute Gasteiger partial charge is 0.466 e. The molecule has 0 aliphatic heterocycles. The number of nitrogens with zero attached hydrogens (tertiary/aromatic N) is 1. The Morgan fingerprint density at radius 3 is 2.83 bits per heavy atom. The van der Waals surface area contributed by atoms with Gasteiger partial charge in [-0.3, -0.25) is 19.1 Å². The zero-order chi connectivity index (χ0) is 13.5. The van der Waals surface area contributed by atoms with Gasteiger partial charge in [0.05, 0.1) is 13.0 Å². The average Bonchev–Trinajstić information content (AvgIpc) is 2.32. The molecule has 1 aromatic heterocycles. The van der Waals surface area contributed by atoms with Gasteiger partial charge in [-0.05, 0) is 13.3 Å². The number of aromatic nitrogens is 2. The van der Waals surface area contributed by atoms with Crippen LogP contribution in [0, 0.1) is 6.92 Å².